The monoisotopic (exact) mass is 262 g/mol. The molecule has 1 unspecified atom stereocenters. The van der Waals surface area contributed by atoms with Crippen LogP contribution in [0, 0.1) is 11.3 Å². The minimum absolute atomic E-state index is 0.141. The van der Waals surface area contributed by atoms with Crippen molar-refractivity contribution in [3.05, 3.63) is 17.5 Å². The Morgan fingerprint density at radius 1 is 1.53 bits per heavy atom. The van der Waals surface area contributed by atoms with E-state index < -0.39 is 5.60 Å². The van der Waals surface area contributed by atoms with Crippen LogP contribution in [-0.4, -0.2) is 32.9 Å². The van der Waals surface area contributed by atoms with E-state index >= 15 is 0 Å². The van der Waals surface area contributed by atoms with Crippen molar-refractivity contribution in [2.75, 3.05) is 6.54 Å². The minimum atomic E-state index is -0.508. The Labute approximate surface area is 112 Å². The molecule has 19 heavy (non-hydrogen) atoms. The van der Waals surface area contributed by atoms with Crippen LogP contribution >= 0.6 is 0 Å². The fraction of sp³-hybridized carbons (Fsp3) is 0.615. The molecule has 2 rings (SSSR count). The lowest BCUT2D eigenvalue weighted by atomic mass is 10.1. The summed E-state index contributed by atoms with van der Waals surface area (Å²) in [5.74, 6) is 0. The maximum atomic E-state index is 12.1. The SMILES string of the molecule is CC1c2cc(C#N)nn2CCN1C(=O)OC(C)(C)C. The van der Waals surface area contributed by atoms with Crippen molar-refractivity contribution in [3.63, 3.8) is 0 Å². The van der Waals surface area contributed by atoms with E-state index in [1.54, 1.807) is 15.6 Å². The number of hydrogen-bond donors (Lipinski definition) is 0. The summed E-state index contributed by atoms with van der Waals surface area (Å²) < 4.78 is 7.17. The molecular weight excluding hydrogens is 244 g/mol. The lowest BCUT2D eigenvalue weighted by Gasteiger charge is -2.35. The molecule has 0 saturated carbocycles. The lowest BCUT2D eigenvalue weighted by molar-refractivity contribution is 0.0120. The van der Waals surface area contributed by atoms with Gasteiger partial charge in [-0.15, -0.1) is 0 Å². The predicted octanol–water partition coefficient (Wildman–Crippen LogP) is 2.07. The van der Waals surface area contributed by atoms with E-state index in [2.05, 4.69) is 5.10 Å². The molecule has 0 N–H and O–H groups in total. The summed E-state index contributed by atoms with van der Waals surface area (Å²) in [6, 6.07) is 3.60. The molecule has 6 nitrogen and oxygen atoms in total. The van der Waals surface area contributed by atoms with Crippen LogP contribution in [0.1, 0.15) is 45.1 Å². The summed E-state index contributed by atoms with van der Waals surface area (Å²) in [5, 5.41) is 13.0. The fourth-order valence-corrected chi connectivity index (χ4v) is 2.13. The Balaban J connectivity index is 2.19. The summed E-state index contributed by atoms with van der Waals surface area (Å²) in [7, 11) is 0. The van der Waals surface area contributed by atoms with Crippen molar-refractivity contribution in [1.82, 2.24) is 14.7 Å². The molecule has 0 aromatic carbocycles. The number of carbonyl (C=O) groups is 1. The highest BCUT2D eigenvalue weighted by Crippen LogP contribution is 2.27. The van der Waals surface area contributed by atoms with Gasteiger partial charge in [0, 0.05) is 6.54 Å². The lowest BCUT2D eigenvalue weighted by Crippen LogP contribution is -2.43. The molecule has 102 valence electrons. The number of fused-ring (bicyclic) bond motifs is 1. The van der Waals surface area contributed by atoms with Crippen molar-refractivity contribution < 1.29 is 9.53 Å². The maximum absolute atomic E-state index is 12.1. The van der Waals surface area contributed by atoms with Crippen LogP contribution in [0.25, 0.3) is 0 Å². The van der Waals surface area contributed by atoms with E-state index in [4.69, 9.17) is 10.00 Å². The number of amides is 1. The molecule has 0 radical (unpaired) electrons. The van der Waals surface area contributed by atoms with Crippen LogP contribution in [0.5, 0.6) is 0 Å². The Morgan fingerprint density at radius 3 is 2.79 bits per heavy atom. The number of ether oxygens (including phenoxy) is 1. The molecule has 1 aromatic rings. The van der Waals surface area contributed by atoms with E-state index in [0.29, 0.717) is 18.8 Å². The van der Waals surface area contributed by atoms with Gasteiger partial charge in [-0.3, -0.25) is 9.58 Å². The van der Waals surface area contributed by atoms with Crippen molar-refractivity contribution in [2.45, 2.75) is 45.9 Å². The van der Waals surface area contributed by atoms with Crippen molar-refractivity contribution >= 4 is 6.09 Å². The Kier molecular flexibility index (Phi) is 3.23. The van der Waals surface area contributed by atoms with Gasteiger partial charge < -0.3 is 4.74 Å². The first kappa shape index (κ1) is 13.4. The average Bonchev–Trinajstić information content (AvgIpc) is 2.71. The van der Waals surface area contributed by atoms with Crippen LogP contribution in [0.3, 0.4) is 0 Å². The molecule has 0 spiro atoms. The molecule has 1 aliphatic rings. The topological polar surface area (TPSA) is 71.2 Å². The second-order valence-electron chi connectivity index (χ2n) is 5.64. The van der Waals surface area contributed by atoms with Gasteiger partial charge >= 0.3 is 6.09 Å². The van der Waals surface area contributed by atoms with Gasteiger partial charge in [0.05, 0.1) is 18.3 Å². The smallest absolute Gasteiger partial charge is 0.410 e. The third kappa shape index (κ3) is 2.70. The van der Waals surface area contributed by atoms with E-state index in [1.807, 2.05) is 33.8 Å². The van der Waals surface area contributed by atoms with Gasteiger partial charge in [0.25, 0.3) is 0 Å². The van der Waals surface area contributed by atoms with Crippen molar-refractivity contribution in [2.24, 2.45) is 0 Å². The maximum Gasteiger partial charge on any atom is 0.410 e. The van der Waals surface area contributed by atoms with Gasteiger partial charge in [0.2, 0.25) is 0 Å². The summed E-state index contributed by atoms with van der Waals surface area (Å²) >= 11 is 0. The molecule has 1 atom stereocenters. The van der Waals surface area contributed by atoms with Crippen molar-refractivity contribution in [1.29, 1.82) is 5.26 Å². The molecule has 1 amide bonds. The third-order valence-electron chi connectivity index (χ3n) is 3.00. The van der Waals surface area contributed by atoms with Crippen molar-refractivity contribution in [3.8, 4) is 6.07 Å². The number of aromatic nitrogens is 2. The molecule has 0 aliphatic carbocycles. The molecular formula is C13H18N4O2. The first-order valence-corrected chi connectivity index (χ1v) is 6.29. The van der Waals surface area contributed by atoms with E-state index in [0.717, 1.165) is 5.69 Å². The van der Waals surface area contributed by atoms with Crippen LogP contribution in [0.15, 0.2) is 6.07 Å². The molecule has 0 fully saturated rings. The number of hydrogen-bond acceptors (Lipinski definition) is 4. The van der Waals surface area contributed by atoms with Crippen LogP contribution < -0.4 is 0 Å². The zero-order valence-corrected chi connectivity index (χ0v) is 11.7. The van der Waals surface area contributed by atoms with Gasteiger partial charge in [-0.1, -0.05) is 0 Å². The molecule has 0 saturated heterocycles. The predicted molar refractivity (Wildman–Crippen MR) is 68.3 cm³/mol. The quantitative estimate of drug-likeness (QED) is 0.717. The fourth-order valence-electron chi connectivity index (χ4n) is 2.13. The minimum Gasteiger partial charge on any atom is -0.444 e. The third-order valence-corrected chi connectivity index (χ3v) is 3.00. The van der Waals surface area contributed by atoms with Crippen LogP contribution in [-0.2, 0) is 11.3 Å². The molecule has 1 aromatic heterocycles. The number of nitriles is 1. The number of rotatable bonds is 0. The molecule has 6 heteroatoms. The normalized spacial score (nSPS) is 18.7. The molecule has 1 aliphatic heterocycles. The van der Waals surface area contributed by atoms with Gasteiger partial charge in [0.15, 0.2) is 5.69 Å². The molecule has 0 bridgehead atoms. The zero-order chi connectivity index (χ0) is 14.2. The van der Waals surface area contributed by atoms with Crippen LogP contribution in [0.4, 0.5) is 4.79 Å². The van der Waals surface area contributed by atoms with E-state index in [9.17, 15) is 4.79 Å². The largest absolute Gasteiger partial charge is 0.444 e. The first-order chi connectivity index (χ1) is 8.81. The highest BCUT2D eigenvalue weighted by atomic mass is 16.6. The highest BCUT2D eigenvalue weighted by Gasteiger charge is 2.32. The molecule has 2 heterocycles. The van der Waals surface area contributed by atoms with Gasteiger partial charge in [-0.05, 0) is 33.8 Å². The van der Waals surface area contributed by atoms with Crippen LogP contribution in [0.2, 0.25) is 0 Å². The summed E-state index contributed by atoms with van der Waals surface area (Å²) in [6.45, 7) is 8.57. The Bertz CT molecular complexity index is 536. The number of carbonyl (C=O) groups excluding carboxylic acids is 1. The first-order valence-electron chi connectivity index (χ1n) is 6.29. The average molecular weight is 262 g/mol. The van der Waals surface area contributed by atoms with Gasteiger partial charge in [-0.2, -0.15) is 10.4 Å². The second kappa shape index (κ2) is 4.57. The van der Waals surface area contributed by atoms with Gasteiger partial charge in [-0.25, -0.2) is 4.79 Å². The second-order valence-corrected chi connectivity index (χ2v) is 5.64. The summed E-state index contributed by atoms with van der Waals surface area (Å²) in [5.41, 5.74) is 0.744. The Hall–Kier alpha value is -2.03. The van der Waals surface area contributed by atoms with E-state index in [1.165, 1.54) is 0 Å². The zero-order valence-electron chi connectivity index (χ0n) is 11.7. The van der Waals surface area contributed by atoms with E-state index in [-0.39, 0.29) is 12.1 Å². The van der Waals surface area contributed by atoms with Gasteiger partial charge in [0.1, 0.15) is 11.7 Å². The number of nitrogens with zero attached hydrogens (tertiary/aromatic N) is 4. The summed E-state index contributed by atoms with van der Waals surface area (Å²) in [6.07, 6.45) is -0.328. The standard InChI is InChI=1S/C13H18N4O2/c1-9-11-7-10(8-14)15-17(11)6-5-16(9)12(18)19-13(2,3)4/h7,9H,5-6H2,1-4H3. The summed E-state index contributed by atoms with van der Waals surface area (Å²) in [4.78, 5) is 13.8. The Morgan fingerprint density at radius 2 is 2.21 bits per heavy atom. The highest BCUT2D eigenvalue weighted by molar-refractivity contribution is 5.69.